The minimum Gasteiger partial charge on any atom is -0.491 e. The summed E-state index contributed by atoms with van der Waals surface area (Å²) >= 11 is 6.08. The van der Waals surface area contributed by atoms with Crippen LogP contribution in [0.15, 0.2) is 18.2 Å². The van der Waals surface area contributed by atoms with E-state index in [-0.39, 0.29) is 6.10 Å². The first-order valence-corrected chi connectivity index (χ1v) is 6.91. The van der Waals surface area contributed by atoms with Crippen molar-refractivity contribution in [1.29, 1.82) is 0 Å². The standard InChI is InChI=1S/C14H21ClN2O/c1-11(2)18-14-4-3-13(15)9-12(14)10-17-7-5-16-6-8-17/h3-4,9,11,16H,5-8,10H2,1-2H3. The Morgan fingerprint density at radius 2 is 2.06 bits per heavy atom. The van der Waals surface area contributed by atoms with Gasteiger partial charge in [-0.2, -0.15) is 0 Å². The lowest BCUT2D eigenvalue weighted by Crippen LogP contribution is -2.42. The maximum absolute atomic E-state index is 6.08. The van der Waals surface area contributed by atoms with Crippen LogP contribution in [0.2, 0.25) is 5.02 Å². The van der Waals surface area contributed by atoms with Crippen molar-refractivity contribution in [3.63, 3.8) is 0 Å². The number of benzene rings is 1. The average Bonchev–Trinajstić information content (AvgIpc) is 2.33. The largest absolute Gasteiger partial charge is 0.491 e. The Morgan fingerprint density at radius 1 is 1.33 bits per heavy atom. The molecule has 0 aliphatic carbocycles. The summed E-state index contributed by atoms with van der Waals surface area (Å²) in [5.74, 6) is 0.952. The number of hydrogen-bond acceptors (Lipinski definition) is 3. The fourth-order valence-corrected chi connectivity index (χ4v) is 2.35. The topological polar surface area (TPSA) is 24.5 Å². The first-order valence-electron chi connectivity index (χ1n) is 6.53. The molecule has 0 atom stereocenters. The number of piperazine rings is 1. The lowest BCUT2D eigenvalue weighted by Gasteiger charge is -2.28. The van der Waals surface area contributed by atoms with Crippen molar-refractivity contribution in [2.75, 3.05) is 26.2 Å². The van der Waals surface area contributed by atoms with Crippen LogP contribution in [0.4, 0.5) is 0 Å². The van der Waals surface area contributed by atoms with Crippen molar-refractivity contribution in [2.24, 2.45) is 0 Å². The molecule has 0 spiro atoms. The summed E-state index contributed by atoms with van der Waals surface area (Å²) in [4.78, 5) is 2.43. The molecule has 0 unspecified atom stereocenters. The van der Waals surface area contributed by atoms with Gasteiger partial charge < -0.3 is 10.1 Å². The minimum absolute atomic E-state index is 0.188. The Balaban J connectivity index is 2.10. The SMILES string of the molecule is CC(C)Oc1ccc(Cl)cc1CN1CCNCC1. The lowest BCUT2D eigenvalue weighted by atomic mass is 10.1. The van der Waals surface area contributed by atoms with Gasteiger partial charge in [-0.3, -0.25) is 4.90 Å². The molecule has 2 rings (SSSR count). The van der Waals surface area contributed by atoms with E-state index in [1.807, 2.05) is 32.0 Å². The second-order valence-corrected chi connectivity index (χ2v) is 5.38. The number of ether oxygens (including phenoxy) is 1. The predicted molar refractivity (Wildman–Crippen MR) is 75.4 cm³/mol. The highest BCUT2D eigenvalue weighted by Crippen LogP contribution is 2.25. The van der Waals surface area contributed by atoms with Gasteiger partial charge in [-0.25, -0.2) is 0 Å². The van der Waals surface area contributed by atoms with Gasteiger partial charge >= 0.3 is 0 Å². The molecule has 0 bridgehead atoms. The highest BCUT2D eigenvalue weighted by Gasteiger charge is 2.13. The van der Waals surface area contributed by atoms with Gasteiger partial charge in [0, 0.05) is 43.3 Å². The smallest absolute Gasteiger partial charge is 0.124 e. The zero-order valence-electron chi connectivity index (χ0n) is 11.1. The van der Waals surface area contributed by atoms with Crippen LogP contribution < -0.4 is 10.1 Å². The first-order chi connectivity index (χ1) is 8.65. The molecular weight excluding hydrogens is 248 g/mol. The molecule has 18 heavy (non-hydrogen) atoms. The normalized spacial score (nSPS) is 17.1. The number of halogens is 1. The lowest BCUT2D eigenvalue weighted by molar-refractivity contribution is 0.214. The van der Waals surface area contributed by atoms with E-state index in [1.54, 1.807) is 0 Å². The molecule has 1 aromatic carbocycles. The van der Waals surface area contributed by atoms with E-state index in [9.17, 15) is 0 Å². The van der Waals surface area contributed by atoms with Crippen molar-refractivity contribution < 1.29 is 4.74 Å². The van der Waals surface area contributed by atoms with Crippen molar-refractivity contribution in [3.8, 4) is 5.75 Å². The van der Waals surface area contributed by atoms with Gasteiger partial charge in [-0.15, -0.1) is 0 Å². The molecule has 4 heteroatoms. The molecule has 3 nitrogen and oxygen atoms in total. The van der Waals surface area contributed by atoms with Gasteiger partial charge in [-0.05, 0) is 32.0 Å². The van der Waals surface area contributed by atoms with Crippen molar-refractivity contribution in [3.05, 3.63) is 28.8 Å². The van der Waals surface area contributed by atoms with Gasteiger partial charge in [0.1, 0.15) is 5.75 Å². The molecule has 0 saturated carbocycles. The van der Waals surface area contributed by atoms with Gasteiger partial charge in [0.15, 0.2) is 0 Å². The molecule has 1 saturated heterocycles. The zero-order valence-corrected chi connectivity index (χ0v) is 11.8. The van der Waals surface area contributed by atoms with E-state index in [0.717, 1.165) is 43.5 Å². The third kappa shape index (κ3) is 3.87. The highest BCUT2D eigenvalue weighted by molar-refractivity contribution is 6.30. The fraction of sp³-hybridized carbons (Fsp3) is 0.571. The third-order valence-corrected chi connectivity index (χ3v) is 3.22. The van der Waals surface area contributed by atoms with Crippen molar-refractivity contribution in [2.45, 2.75) is 26.5 Å². The number of nitrogens with one attached hydrogen (secondary N) is 1. The summed E-state index contributed by atoms with van der Waals surface area (Å²) in [5, 5.41) is 4.13. The Labute approximate surface area is 114 Å². The van der Waals surface area contributed by atoms with Crippen LogP contribution in [-0.2, 0) is 6.54 Å². The predicted octanol–water partition coefficient (Wildman–Crippen LogP) is 2.53. The number of hydrogen-bond donors (Lipinski definition) is 1. The van der Waals surface area contributed by atoms with Crippen LogP contribution in [0.1, 0.15) is 19.4 Å². The second-order valence-electron chi connectivity index (χ2n) is 4.94. The van der Waals surface area contributed by atoms with Crippen molar-refractivity contribution in [1.82, 2.24) is 10.2 Å². The summed E-state index contributed by atoms with van der Waals surface area (Å²) in [5.41, 5.74) is 1.18. The number of rotatable bonds is 4. The molecule has 0 aromatic heterocycles. The van der Waals surface area contributed by atoms with E-state index in [4.69, 9.17) is 16.3 Å². The molecule has 1 N–H and O–H groups in total. The maximum Gasteiger partial charge on any atom is 0.124 e. The van der Waals surface area contributed by atoms with E-state index in [2.05, 4.69) is 10.2 Å². The van der Waals surface area contributed by atoms with E-state index >= 15 is 0 Å². The summed E-state index contributed by atoms with van der Waals surface area (Å²) in [7, 11) is 0. The molecule has 100 valence electrons. The zero-order chi connectivity index (χ0) is 13.0. The molecule has 1 aliphatic rings. The van der Waals surface area contributed by atoms with Crippen LogP contribution >= 0.6 is 11.6 Å². The molecule has 1 fully saturated rings. The Kier molecular flexibility index (Phi) is 4.87. The van der Waals surface area contributed by atoms with Crippen LogP contribution in [-0.4, -0.2) is 37.2 Å². The van der Waals surface area contributed by atoms with Crippen LogP contribution in [0, 0.1) is 0 Å². The molecule has 1 heterocycles. The first kappa shape index (κ1) is 13.7. The maximum atomic E-state index is 6.08. The Bertz CT molecular complexity index is 389. The summed E-state index contributed by atoms with van der Waals surface area (Å²) < 4.78 is 5.84. The highest BCUT2D eigenvalue weighted by atomic mass is 35.5. The monoisotopic (exact) mass is 268 g/mol. The molecular formula is C14H21ClN2O. The van der Waals surface area contributed by atoms with E-state index in [0.29, 0.717) is 0 Å². The quantitative estimate of drug-likeness (QED) is 0.908. The van der Waals surface area contributed by atoms with E-state index < -0.39 is 0 Å². The van der Waals surface area contributed by atoms with E-state index in [1.165, 1.54) is 5.56 Å². The van der Waals surface area contributed by atoms with Gasteiger partial charge in [0.05, 0.1) is 6.10 Å². The summed E-state index contributed by atoms with van der Waals surface area (Å²) in [6.45, 7) is 9.26. The van der Waals surface area contributed by atoms with Crippen LogP contribution in [0.5, 0.6) is 5.75 Å². The molecule has 0 amide bonds. The average molecular weight is 269 g/mol. The Hall–Kier alpha value is -0.770. The van der Waals surface area contributed by atoms with Gasteiger partial charge in [0.2, 0.25) is 0 Å². The molecule has 1 aliphatic heterocycles. The van der Waals surface area contributed by atoms with Gasteiger partial charge in [-0.1, -0.05) is 11.6 Å². The van der Waals surface area contributed by atoms with Gasteiger partial charge in [0.25, 0.3) is 0 Å². The number of nitrogens with zero attached hydrogens (tertiary/aromatic N) is 1. The second kappa shape index (κ2) is 6.41. The van der Waals surface area contributed by atoms with Crippen LogP contribution in [0.25, 0.3) is 0 Å². The summed E-state index contributed by atoms with van der Waals surface area (Å²) in [6, 6.07) is 5.88. The summed E-state index contributed by atoms with van der Waals surface area (Å²) in [6.07, 6.45) is 0.188. The molecule has 0 radical (unpaired) electrons. The van der Waals surface area contributed by atoms with Crippen LogP contribution in [0.3, 0.4) is 0 Å². The third-order valence-electron chi connectivity index (χ3n) is 2.99. The van der Waals surface area contributed by atoms with Crippen molar-refractivity contribution >= 4 is 11.6 Å². The molecule has 1 aromatic rings. The minimum atomic E-state index is 0.188. The fourth-order valence-electron chi connectivity index (χ4n) is 2.15. The Morgan fingerprint density at radius 3 is 2.72 bits per heavy atom.